The summed E-state index contributed by atoms with van der Waals surface area (Å²) in [6.07, 6.45) is 3.78. The number of anilines is 2. The minimum Gasteiger partial charge on any atom is -0.464 e. The van der Waals surface area contributed by atoms with E-state index in [9.17, 15) is 0 Å². The molecule has 1 aromatic heterocycles. The highest BCUT2D eigenvalue weighted by Crippen LogP contribution is 2.48. The quantitative estimate of drug-likeness (QED) is 0.751. The molecule has 19 heavy (non-hydrogen) atoms. The molecule has 0 spiro atoms. The molecule has 0 unspecified atom stereocenters. The second-order valence-corrected chi connectivity index (χ2v) is 4.94. The lowest BCUT2D eigenvalue weighted by Gasteiger charge is -2.14. The molecule has 6 nitrogen and oxygen atoms in total. The van der Waals surface area contributed by atoms with Gasteiger partial charge in [-0.25, -0.2) is 0 Å². The van der Waals surface area contributed by atoms with Crippen molar-refractivity contribution in [2.24, 2.45) is 5.41 Å². The fourth-order valence-corrected chi connectivity index (χ4v) is 1.97. The Morgan fingerprint density at radius 3 is 2.26 bits per heavy atom. The van der Waals surface area contributed by atoms with Crippen LogP contribution in [0.15, 0.2) is 0 Å². The van der Waals surface area contributed by atoms with Gasteiger partial charge >= 0.3 is 6.01 Å². The van der Waals surface area contributed by atoms with Crippen molar-refractivity contribution in [2.45, 2.75) is 40.0 Å². The van der Waals surface area contributed by atoms with Crippen molar-refractivity contribution in [3.63, 3.8) is 0 Å². The highest BCUT2D eigenvalue weighted by Gasteiger charge is 2.40. The molecule has 1 fully saturated rings. The molecule has 1 heterocycles. The van der Waals surface area contributed by atoms with Crippen molar-refractivity contribution in [2.75, 3.05) is 30.3 Å². The van der Waals surface area contributed by atoms with Crippen LogP contribution in [0, 0.1) is 5.41 Å². The zero-order valence-electron chi connectivity index (χ0n) is 12.0. The topological polar surface area (TPSA) is 72.0 Å². The fourth-order valence-electron chi connectivity index (χ4n) is 1.97. The largest absolute Gasteiger partial charge is 0.464 e. The molecule has 0 atom stereocenters. The average molecular weight is 265 g/mol. The molecule has 2 rings (SSSR count). The molecule has 1 aliphatic carbocycles. The van der Waals surface area contributed by atoms with Gasteiger partial charge in [-0.15, -0.1) is 0 Å². The molecular weight excluding hydrogens is 242 g/mol. The second kappa shape index (κ2) is 6.04. The highest BCUT2D eigenvalue weighted by molar-refractivity contribution is 5.36. The lowest BCUT2D eigenvalue weighted by Crippen LogP contribution is -2.17. The van der Waals surface area contributed by atoms with Crippen LogP contribution in [0.25, 0.3) is 0 Å². The van der Waals surface area contributed by atoms with E-state index >= 15 is 0 Å². The van der Waals surface area contributed by atoms with E-state index in [0.29, 0.717) is 29.9 Å². The normalized spacial score (nSPS) is 15.9. The van der Waals surface area contributed by atoms with Gasteiger partial charge in [0.1, 0.15) is 0 Å². The standard InChI is InChI=1S/C13H23N5O/c1-4-13(7-8-13)9-15-11-16-10(14-5-2)17-12(18-11)19-6-3/h4-9H2,1-3H3,(H2,14,15,16,17,18). The number of ether oxygens (including phenoxy) is 1. The third-order valence-electron chi connectivity index (χ3n) is 3.55. The number of aromatic nitrogens is 3. The van der Waals surface area contributed by atoms with Crippen molar-refractivity contribution in [3.8, 4) is 6.01 Å². The van der Waals surface area contributed by atoms with E-state index in [4.69, 9.17) is 4.74 Å². The zero-order chi connectivity index (χ0) is 13.7. The molecule has 106 valence electrons. The smallest absolute Gasteiger partial charge is 0.323 e. The summed E-state index contributed by atoms with van der Waals surface area (Å²) in [4.78, 5) is 12.8. The van der Waals surface area contributed by atoms with Crippen molar-refractivity contribution >= 4 is 11.9 Å². The van der Waals surface area contributed by atoms with Crippen molar-refractivity contribution in [3.05, 3.63) is 0 Å². The molecule has 1 aliphatic rings. The number of nitrogens with one attached hydrogen (secondary N) is 2. The van der Waals surface area contributed by atoms with Gasteiger partial charge in [-0.3, -0.25) is 0 Å². The lowest BCUT2D eigenvalue weighted by molar-refractivity contribution is 0.312. The van der Waals surface area contributed by atoms with Crippen molar-refractivity contribution in [1.29, 1.82) is 0 Å². The Morgan fingerprint density at radius 1 is 1.05 bits per heavy atom. The Hall–Kier alpha value is -1.59. The van der Waals surface area contributed by atoms with E-state index in [1.54, 1.807) is 0 Å². The molecule has 0 radical (unpaired) electrons. The predicted molar refractivity (Wildman–Crippen MR) is 75.6 cm³/mol. The monoisotopic (exact) mass is 265 g/mol. The first kappa shape index (κ1) is 13.8. The van der Waals surface area contributed by atoms with Gasteiger partial charge in [0, 0.05) is 13.1 Å². The van der Waals surface area contributed by atoms with Gasteiger partial charge in [-0.05, 0) is 38.5 Å². The summed E-state index contributed by atoms with van der Waals surface area (Å²) in [5, 5.41) is 6.41. The van der Waals surface area contributed by atoms with Gasteiger partial charge in [0.2, 0.25) is 11.9 Å². The second-order valence-electron chi connectivity index (χ2n) is 4.94. The van der Waals surface area contributed by atoms with Gasteiger partial charge in [0.05, 0.1) is 6.61 Å². The molecule has 2 N–H and O–H groups in total. The third-order valence-corrected chi connectivity index (χ3v) is 3.55. The van der Waals surface area contributed by atoms with E-state index in [-0.39, 0.29) is 0 Å². The molecule has 0 saturated heterocycles. The van der Waals surface area contributed by atoms with Crippen molar-refractivity contribution < 1.29 is 4.74 Å². The van der Waals surface area contributed by atoms with E-state index in [1.165, 1.54) is 19.3 Å². The van der Waals surface area contributed by atoms with Crippen LogP contribution in [0.4, 0.5) is 11.9 Å². The summed E-state index contributed by atoms with van der Waals surface area (Å²) in [6, 6.07) is 0.372. The van der Waals surface area contributed by atoms with Crippen LogP contribution in [-0.4, -0.2) is 34.6 Å². The summed E-state index contributed by atoms with van der Waals surface area (Å²) >= 11 is 0. The van der Waals surface area contributed by atoms with Gasteiger partial charge in [-0.2, -0.15) is 15.0 Å². The number of hydrogen-bond acceptors (Lipinski definition) is 6. The van der Waals surface area contributed by atoms with Crippen LogP contribution in [0.2, 0.25) is 0 Å². The predicted octanol–water partition coefficient (Wildman–Crippen LogP) is 2.30. The van der Waals surface area contributed by atoms with Crippen LogP contribution in [0.3, 0.4) is 0 Å². The molecule has 1 saturated carbocycles. The van der Waals surface area contributed by atoms with Gasteiger partial charge in [0.25, 0.3) is 0 Å². The van der Waals surface area contributed by atoms with E-state index < -0.39 is 0 Å². The Balaban J connectivity index is 2.04. The van der Waals surface area contributed by atoms with Crippen LogP contribution < -0.4 is 15.4 Å². The SMILES string of the molecule is CCNc1nc(NCC2(CC)CC2)nc(OCC)n1. The Morgan fingerprint density at radius 2 is 1.74 bits per heavy atom. The number of rotatable bonds is 8. The Bertz CT molecular complexity index is 395. The first-order valence-electron chi connectivity index (χ1n) is 7.08. The first-order chi connectivity index (χ1) is 9.21. The molecule has 0 bridgehead atoms. The number of hydrogen-bond donors (Lipinski definition) is 2. The third kappa shape index (κ3) is 3.68. The van der Waals surface area contributed by atoms with Crippen LogP contribution >= 0.6 is 0 Å². The fraction of sp³-hybridized carbons (Fsp3) is 0.769. The first-order valence-corrected chi connectivity index (χ1v) is 7.08. The summed E-state index contributed by atoms with van der Waals surface area (Å²) in [6.45, 7) is 8.40. The van der Waals surface area contributed by atoms with Crippen LogP contribution in [0.5, 0.6) is 6.01 Å². The van der Waals surface area contributed by atoms with Gasteiger partial charge in [0.15, 0.2) is 0 Å². The minimum atomic E-state index is 0.372. The van der Waals surface area contributed by atoms with E-state index in [1.807, 2.05) is 13.8 Å². The van der Waals surface area contributed by atoms with E-state index in [0.717, 1.165) is 13.1 Å². The average Bonchev–Trinajstić information content (AvgIpc) is 3.18. The molecule has 1 aromatic rings. The van der Waals surface area contributed by atoms with Gasteiger partial charge in [-0.1, -0.05) is 6.92 Å². The molecule has 0 aromatic carbocycles. The highest BCUT2D eigenvalue weighted by atomic mass is 16.5. The number of nitrogens with zero attached hydrogens (tertiary/aromatic N) is 3. The maximum atomic E-state index is 5.37. The maximum absolute atomic E-state index is 5.37. The zero-order valence-corrected chi connectivity index (χ0v) is 12.0. The summed E-state index contributed by atoms with van der Waals surface area (Å²) in [5.41, 5.74) is 0.455. The van der Waals surface area contributed by atoms with Crippen LogP contribution in [-0.2, 0) is 0 Å². The van der Waals surface area contributed by atoms with Gasteiger partial charge < -0.3 is 15.4 Å². The Kier molecular flexibility index (Phi) is 4.39. The lowest BCUT2D eigenvalue weighted by atomic mass is 10.0. The molecule has 0 aliphatic heterocycles. The molecule has 0 amide bonds. The van der Waals surface area contributed by atoms with E-state index in [2.05, 4.69) is 32.5 Å². The summed E-state index contributed by atoms with van der Waals surface area (Å²) < 4.78 is 5.37. The summed E-state index contributed by atoms with van der Waals surface area (Å²) in [5.74, 6) is 1.15. The molecular formula is C13H23N5O. The summed E-state index contributed by atoms with van der Waals surface area (Å²) in [7, 11) is 0. The minimum absolute atomic E-state index is 0.372. The van der Waals surface area contributed by atoms with Crippen molar-refractivity contribution in [1.82, 2.24) is 15.0 Å². The Labute approximate surface area is 114 Å². The maximum Gasteiger partial charge on any atom is 0.323 e. The van der Waals surface area contributed by atoms with Crippen LogP contribution in [0.1, 0.15) is 40.0 Å². The molecule has 6 heteroatoms.